The molecule has 1 fully saturated rings. The SMILES string of the molecule is COc1ccc(-c2nccnc2[C@H]2CN(C(=O)Cn3nc(C)ccc3=O)CCO2)cc1. The molecule has 31 heavy (non-hydrogen) atoms. The summed E-state index contributed by atoms with van der Waals surface area (Å²) in [5.74, 6) is 0.559. The highest BCUT2D eigenvalue weighted by Crippen LogP contribution is 2.30. The van der Waals surface area contributed by atoms with Crippen molar-refractivity contribution in [3.05, 3.63) is 70.5 Å². The Labute approximate surface area is 179 Å². The number of hydrogen-bond acceptors (Lipinski definition) is 7. The number of carbonyl (C=O) groups is 1. The van der Waals surface area contributed by atoms with Crippen molar-refractivity contribution in [2.24, 2.45) is 0 Å². The number of ether oxygens (including phenoxy) is 2. The third kappa shape index (κ3) is 4.61. The van der Waals surface area contributed by atoms with Crippen LogP contribution in [0.3, 0.4) is 0 Å². The van der Waals surface area contributed by atoms with Gasteiger partial charge in [-0.2, -0.15) is 5.10 Å². The van der Waals surface area contributed by atoms with E-state index in [0.717, 1.165) is 11.3 Å². The molecule has 9 heteroatoms. The van der Waals surface area contributed by atoms with Crippen molar-refractivity contribution in [3.8, 4) is 17.0 Å². The van der Waals surface area contributed by atoms with Crippen molar-refractivity contribution >= 4 is 5.91 Å². The topological polar surface area (TPSA) is 99.4 Å². The number of benzene rings is 1. The fourth-order valence-corrected chi connectivity index (χ4v) is 3.49. The van der Waals surface area contributed by atoms with Gasteiger partial charge in [0, 0.05) is 30.6 Å². The standard InChI is InChI=1S/C22H23N5O4/c1-15-3-8-19(28)27(25-15)14-20(29)26-11-12-31-18(13-26)22-21(23-9-10-24-22)16-4-6-17(30-2)7-5-16/h3-10,18H,11-14H2,1-2H3/t18-/m1/s1. The van der Waals surface area contributed by atoms with Crippen LogP contribution in [0.25, 0.3) is 11.3 Å². The van der Waals surface area contributed by atoms with Crippen molar-refractivity contribution < 1.29 is 14.3 Å². The minimum Gasteiger partial charge on any atom is -0.497 e. The largest absolute Gasteiger partial charge is 0.497 e. The number of morpholine rings is 1. The van der Waals surface area contributed by atoms with E-state index in [9.17, 15) is 9.59 Å². The fraction of sp³-hybridized carbons (Fsp3) is 0.318. The zero-order valence-corrected chi connectivity index (χ0v) is 17.4. The molecule has 160 valence electrons. The number of amides is 1. The number of carbonyl (C=O) groups excluding carboxylic acids is 1. The molecule has 0 saturated carbocycles. The molecule has 9 nitrogen and oxygen atoms in total. The van der Waals surface area contributed by atoms with E-state index in [1.165, 1.54) is 10.7 Å². The minimum atomic E-state index is -0.425. The van der Waals surface area contributed by atoms with E-state index in [1.54, 1.807) is 37.4 Å². The first-order chi connectivity index (χ1) is 15.0. The molecule has 0 bridgehead atoms. The molecule has 1 aliphatic rings. The van der Waals surface area contributed by atoms with Crippen molar-refractivity contribution in [2.75, 3.05) is 26.8 Å². The van der Waals surface area contributed by atoms with Crippen LogP contribution in [-0.4, -0.2) is 57.4 Å². The summed E-state index contributed by atoms with van der Waals surface area (Å²) in [4.78, 5) is 35.5. The highest BCUT2D eigenvalue weighted by Gasteiger charge is 2.29. The number of aryl methyl sites for hydroxylation is 1. The third-order valence-corrected chi connectivity index (χ3v) is 5.10. The van der Waals surface area contributed by atoms with Gasteiger partial charge in [-0.25, -0.2) is 4.68 Å². The van der Waals surface area contributed by atoms with Gasteiger partial charge in [0.2, 0.25) is 5.91 Å². The number of hydrogen-bond donors (Lipinski definition) is 0. The second-order valence-corrected chi connectivity index (χ2v) is 7.19. The maximum atomic E-state index is 12.9. The van der Waals surface area contributed by atoms with Crippen LogP contribution in [0.2, 0.25) is 0 Å². The normalized spacial score (nSPS) is 16.2. The van der Waals surface area contributed by atoms with Gasteiger partial charge < -0.3 is 14.4 Å². The Morgan fingerprint density at radius 3 is 2.71 bits per heavy atom. The molecule has 3 heterocycles. The van der Waals surface area contributed by atoms with Gasteiger partial charge in [-0.05, 0) is 37.3 Å². The predicted octanol–water partition coefficient (Wildman–Crippen LogP) is 1.62. The van der Waals surface area contributed by atoms with E-state index in [1.807, 2.05) is 24.3 Å². The molecular weight excluding hydrogens is 398 g/mol. The van der Waals surface area contributed by atoms with Crippen molar-refractivity contribution in [1.29, 1.82) is 0 Å². The van der Waals surface area contributed by atoms with Crippen molar-refractivity contribution in [3.63, 3.8) is 0 Å². The van der Waals surface area contributed by atoms with E-state index >= 15 is 0 Å². The van der Waals surface area contributed by atoms with Crippen LogP contribution < -0.4 is 10.3 Å². The molecule has 0 N–H and O–H groups in total. The van der Waals surface area contributed by atoms with Crippen LogP contribution >= 0.6 is 0 Å². The quantitative estimate of drug-likeness (QED) is 0.617. The van der Waals surface area contributed by atoms with Gasteiger partial charge in [0.1, 0.15) is 18.4 Å². The molecule has 2 aromatic heterocycles. The molecule has 1 aliphatic heterocycles. The summed E-state index contributed by atoms with van der Waals surface area (Å²) in [5.41, 5.74) is 2.61. The Balaban J connectivity index is 1.54. The lowest BCUT2D eigenvalue weighted by atomic mass is 10.0. The number of methoxy groups -OCH3 is 1. The van der Waals surface area contributed by atoms with E-state index in [-0.39, 0.29) is 18.0 Å². The molecule has 1 amide bonds. The number of aromatic nitrogens is 4. The van der Waals surface area contributed by atoms with E-state index in [2.05, 4.69) is 15.1 Å². The maximum Gasteiger partial charge on any atom is 0.267 e. The lowest BCUT2D eigenvalue weighted by molar-refractivity contribution is -0.140. The van der Waals surface area contributed by atoms with Gasteiger partial charge in [0.05, 0.1) is 37.3 Å². The summed E-state index contributed by atoms with van der Waals surface area (Å²) in [5, 5.41) is 4.15. The lowest BCUT2D eigenvalue weighted by Gasteiger charge is -2.33. The van der Waals surface area contributed by atoms with E-state index < -0.39 is 6.10 Å². The van der Waals surface area contributed by atoms with Crippen LogP contribution in [-0.2, 0) is 16.1 Å². The summed E-state index contributed by atoms with van der Waals surface area (Å²) in [6.45, 7) is 2.79. The Bertz CT molecular complexity index is 1130. The molecular formula is C22H23N5O4. The number of rotatable bonds is 5. The maximum absolute atomic E-state index is 12.9. The summed E-state index contributed by atoms with van der Waals surface area (Å²) in [7, 11) is 1.62. The van der Waals surface area contributed by atoms with Gasteiger partial charge in [-0.1, -0.05) is 0 Å². The Hall–Kier alpha value is -3.59. The van der Waals surface area contributed by atoms with Gasteiger partial charge >= 0.3 is 0 Å². The molecule has 4 rings (SSSR count). The van der Waals surface area contributed by atoms with Crippen LogP contribution in [0.1, 0.15) is 17.5 Å². The molecule has 0 spiro atoms. The van der Waals surface area contributed by atoms with Crippen LogP contribution in [0.15, 0.2) is 53.6 Å². The molecule has 1 atom stereocenters. The molecule has 1 saturated heterocycles. The minimum absolute atomic E-state index is 0.112. The number of nitrogens with zero attached hydrogens (tertiary/aromatic N) is 5. The van der Waals surface area contributed by atoms with E-state index in [0.29, 0.717) is 36.8 Å². The first kappa shape index (κ1) is 20.7. The first-order valence-corrected chi connectivity index (χ1v) is 9.94. The van der Waals surface area contributed by atoms with Crippen molar-refractivity contribution in [2.45, 2.75) is 19.6 Å². The predicted molar refractivity (Wildman–Crippen MR) is 113 cm³/mol. The lowest BCUT2D eigenvalue weighted by Crippen LogP contribution is -2.45. The molecule has 0 unspecified atom stereocenters. The van der Waals surface area contributed by atoms with Gasteiger partial charge in [0.15, 0.2) is 0 Å². The summed E-state index contributed by atoms with van der Waals surface area (Å²) in [6.07, 6.45) is 2.82. The molecule has 0 radical (unpaired) electrons. The molecule has 3 aromatic rings. The zero-order chi connectivity index (χ0) is 21.8. The summed E-state index contributed by atoms with van der Waals surface area (Å²) in [6, 6.07) is 10.6. The second kappa shape index (κ2) is 9.05. The Kier molecular flexibility index (Phi) is 6.03. The Morgan fingerprint density at radius 1 is 1.16 bits per heavy atom. The van der Waals surface area contributed by atoms with Crippen LogP contribution in [0, 0.1) is 6.92 Å². The van der Waals surface area contributed by atoms with Crippen LogP contribution in [0.5, 0.6) is 5.75 Å². The second-order valence-electron chi connectivity index (χ2n) is 7.19. The van der Waals surface area contributed by atoms with Gasteiger partial charge in [-0.15, -0.1) is 0 Å². The summed E-state index contributed by atoms with van der Waals surface area (Å²) >= 11 is 0. The van der Waals surface area contributed by atoms with Gasteiger partial charge in [0.25, 0.3) is 5.56 Å². The average Bonchev–Trinajstić information content (AvgIpc) is 2.81. The van der Waals surface area contributed by atoms with Crippen LogP contribution in [0.4, 0.5) is 0 Å². The summed E-state index contributed by atoms with van der Waals surface area (Å²) < 4.78 is 12.3. The van der Waals surface area contributed by atoms with Crippen molar-refractivity contribution in [1.82, 2.24) is 24.6 Å². The monoisotopic (exact) mass is 421 g/mol. The average molecular weight is 421 g/mol. The molecule has 1 aromatic carbocycles. The third-order valence-electron chi connectivity index (χ3n) is 5.10. The van der Waals surface area contributed by atoms with Gasteiger partial charge in [-0.3, -0.25) is 19.6 Å². The first-order valence-electron chi connectivity index (χ1n) is 9.94. The smallest absolute Gasteiger partial charge is 0.267 e. The highest BCUT2D eigenvalue weighted by atomic mass is 16.5. The fourth-order valence-electron chi connectivity index (χ4n) is 3.49. The highest BCUT2D eigenvalue weighted by molar-refractivity contribution is 5.76. The van der Waals surface area contributed by atoms with E-state index in [4.69, 9.17) is 9.47 Å². The zero-order valence-electron chi connectivity index (χ0n) is 17.4. The molecule has 0 aliphatic carbocycles. The Morgan fingerprint density at radius 2 is 1.94 bits per heavy atom.